The topological polar surface area (TPSA) is 17.0 Å². The number of aromatic nitrogens is 1. The summed E-state index contributed by atoms with van der Waals surface area (Å²) >= 11 is 0. The van der Waals surface area contributed by atoms with E-state index in [0.717, 1.165) is 18.5 Å². The molecule has 0 aliphatic heterocycles. The van der Waals surface area contributed by atoms with E-state index >= 15 is 0 Å². The van der Waals surface area contributed by atoms with Gasteiger partial charge >= 0.3 is 6.18 Å². The molecule has 0 bridgehead atoms. The van der Waals surface area contributed by atoms with Crippen LogP contribution in [0.2, 0.25) is 0 Å². The predicted octanol–water partition coefficient (Wildman–Crippen LogP) is 3.89. The van der Waals surface area contributed by atoms with Gasteiger partial charge in [-0.05, 0) is 31.0 Å². The van der Waals surface area contributed by atoms with Crippen molar-refractivity contribution < 1.29 is 13.2 Å². The number of halogens is 3. The Morgan fingerprint density at radius 3 is 2.61 bits per heavy atom. The highest BCUT2D eigenvalue weighted by molar-refractivity contribution is 5.15. The number of nitrogens with zero attached hydrogens (tertiary/aromatic N) is 1. The summed E-state index contributed by atoms with van der Waals surface area (Å²) in [5.41, 5.74) is 1.14. The average molecular weight is 262 g/mol. The first-order valence-electron chi connectivity index (χ1n) is 6.42. The van der Waals surface area contributed by atoms with Crippen molar-refractivity contribution in [2.24, 2.45) is 0 Å². The fourth-order valence-corrected chi connectivity index (χ4v) is 2.01. The SMILES string of the molecule is CCNC(CC)c1ccn(CCCC(F)(F)F)c1. The minimum absolute atomic E-state index is 0.135. The first-order valence-corrected chi connectivity index (χ1v) is 6.42. The minimum Gasteiger partial charge on any atom is -0.354 e. The van der Waals surface area contributed by atoms with Crippen molar-refractivity contribution in [3.05, 3.63) is 24.0 Å². The van der Waals surface area contributed by atoms with Crippen LogP contribution in [-0.4, -0.2) is 17.3 Å². The van der Waals surface area contributed by atoms with Gasteiger partial charge in [0, 0.05) is 31.4 Å². The number of nitrogens with one attached hydrogen (secondary N) is 1. The van der Waals surface area contributed by atoms with Gasteiger partial charge in [-0.25, -0.2) is 0 Å². The van der Waals surface area contributed by atoms with E-state index in [9.17, 15) is 13.2 Å². The number of alkyl halides is 3. The van der Waals surface area contributed by atoms with Crippen LogP contribution in [0.3, 0.4) is 0 Å². The van der Waals surface area contributed by atoms with Crippen LogP contribution >= 0.6 is 0 Å². The van der Waals surface area contributed by atoms with Gasteiger partial charge in [0.15, 0.2) is 0 Å². The van der Waals surface area contributed by atoms with Crippen molar-refractivity contribution in [3.8, 4) is 0 Å². The van der Waals surface area contributed by atoms with Crippen molar-refractivity contribution in [1.29, 1.82) is 0 Å². The van der Waals surface area contributed by atoms with Gasteiger partial charge in [-0.2, -0.15) is 13.2 Å². The summed E-state index contributed by atoms with van der Waals surface area (Å²) < 4.78 is 37.9. The quantitative estimate of drug-likeness (QED) is 0.788. The maximum Gasteiger partial charge on any atom is 0.389 e. The standard InChI is InChI=1S/C13H21F3N2/c1-3-12(17-4-2)11-6-9-18(10-11)8-5-7-13(14,15)16/h6,9-10,12,17H,3-5,7-8H2,1-2H3. The van der Waals surface area contributed by atoms with Gasteiger partial charge in [-0.1, -0.05) is 13.8 Å². The van der Waals surface area contributed by atoms with E-state index < -0.39 is 12.6 Å². The van der Waals surface area contributed by atoms with Crippen LogP contribution in [0.5, 0.6) is 0 Å². The van der Waals surface area contributed by atoms with E-state index in [2.05, 4.69) is 12.2 Å². The highest BCUT2D eigenvalue weighted by atomic mass is 19.4. The van der Waals surface area contributed by atoms with Crippen LogP contribution in [0.4, 0.5) is 13.2 Å². The summed E-state index contributed by atoms with van der Waals surface area (Å²) in [7, 11) is 0. The molecule has 18 heavy (non-hydrogen) atoms. The molecule has 0 fully saturated rings. The summed E-state index contributed by atoms with van der Waals surface area (Å²) in [5, 5.41) is 3.35. The van der Waals surface area contributed by atoms with Crippen LogP contribution in [0, 0.1) is 0 Å². The molecule has 0 aromatic carbocycles. The molecule has 2 nitrogen and oxygen atoms in total. The monoisotopic (exact) mass is 262 g/mol. The highest BCUT2D eigenvalue weighted by Crippen LogP contribution is 2.22. The van der Waals surface area contributed by atoms with Crippen LogP contribution in [0.1, 0.15) is 44.7 Å². The molecule has 1 N–H and O–H groups in total. The van der Waals surface area contributed by atoms with Gasteiger partial charge in [0.05, 0.1) is 0 Å². The molecular weight excluding hydrogens is 241 g/mol. The van der Waals surface area contributed by atoms with Gasteiger partial charge < -0.3 is 9.88 Å². The van der Waals surface area contributed by atoms with Crippen molar-refractivity contribution >= 4 is 0 Å². The lowest BCUT2D eigenvalue weighted by molar-refractivity contribution is -0.135. The molecule has 0 spiro atoms. The molecule has 1 atom stereocenters. The number of aryl methyl sites for hydroxylation is 1. The molecule has 1 aromatic heterocycles. The number of hydrogen-bond acceptors (Lipinski definition) is 1. The normalized spacial score (nSPS) is 13.8. The van der Waals surface area contributed by atoms with E-state index in [1.54, 1.807) is 0 Å². The Kier molecular flexibility index (Phi) is 5.72. The first-order chi connectivity index (χ1) is 8.46. The fourth-order valence-electron chi connectivity index (χ4n) is 2.01. The lowest BCUT2D eigenvalue weighted by Crippen LogP contribution is -2.19. The maximum atomic E-state index is 12.0. The molecule has 5 heteroatoms. The Bertz CT molecular complexity index is 344. The molecule has 104 valence electrons. The second-order valence-corrected chi connectivity index (χ2v) is 4.42. The summed E-state index contributed by atoms with van der Waals surface area (Å²) in [4.78, 5) is 0. The Balaban J connectivity index is 2.47. The number of rotatable bonds is 7. The molecule has 0 aliphatic carbocycles. The molecule has 0 amide bonds. The lowest BCUT2D eigenvalue weighted by atomic mass is 10.1. The van der Waals surface area contributed by atoms with E-state index in [4.69, 9.17) is 0 Å². The van der Waals surface area contributed by atoms with Crippen molar-refractivity contribution in [3.63, 3.8) is 0 Å². The van der Waals surface area contributed by atoms with Crippen molar-refractivity contribution in [1.82, 2.24) is 9.88 Å². The smallest absolute Gasteiger partial charge is 0.354 e. The molecule has 1 rings (SSSR count). The second kappa shape index (κ2) is 6.83. The average Bonchev–Trinajstić information content (AvgIpc) is 2.72. The molecule has 0 saturated heterocycles. The summed E-state index contributed by atoms with van der Waals surface area (Å²) in [5.74, 6) is 0. The Labute approximate surface area is 106 Å². The molecule has 0 radical (unpaired) electrons. The molecule has 1 unspecified atom stereocenters. The zero-order valence-electron chi connectivity index (χ0n) is 10.9. The third kappa shape index (κ3) is 5.12. The third-order valence-corrected chi connectivity index (χ3v) is 2.91. The van der Waals surface area contributed by atoms with E-state index in [-0.39, 0.29) is 6.42 Å². The lowest BCUT2D eigenvalue weighted by Gasteiger charge is -2.14. The largest absolute Gasteiger partial charge is 0.389 e. The number of hydrogen-bond donors (Lipinski definition) is 1. The Hall–Kier alpha value is -0.970. The second-order valence-electron chi connectivity index (χ2n) is 4.42. The van der Waals surface area contributed by atoms with E-state index in [1.807, 2.05) is 30.0 Å². The maximum absolute atomic E-state index is 12.0. The molecule has 1 heterocycles. The van der Waals surface area contributed by atoms with Gasteiger partial charge in [0.2, 0.25) is 0 Å². The summed E-state index contributed by atoms with van der Waals surface area (Å²) in [6.45, 7) is 5.44. The van der Waals surface area contributed by atoms with Crippen LogP contribution in [-0.2, 0) is 6.54 Å². The molecule has 1 aromatic rings. The minimum atomic E-state index is -4.05. The van der Waals surface area contributed by atoms with Gasteiger partial charge in [-0.3, -0.25) is 0 Å². The zero-order chi connectivity index (χ0) is 13.6. The molecule has 0 saturated carbocycles. The Morgan fingerprint density at radius 2 is 2.06 bits per heavy atom. The fraction of sp³-hybridized carbons (Fsp3) is 0.692. The predicted molar refractivity (Wildman–Crippen MR) is 66.4 cm³/mol. The van der Waals surface area contributed by atoms with E-state index in [0.29, 0.717) is 12.6 Å². The van der Waals surface area contributed by atoms with E-state index in [1.165, 1.54) is 0 Å². The molecule has 0 aliphatic rings. The van der Waals surface area contributed by atoms with Crippen LogP contribution < -0.4 is 5.32 Å². The van der Waals surface area contributed by atoms with Crippen molar-refractivity contribution in [2.45, 2.75) is 51.9 Å². The van der Waals surface area contributed by atoms with Gasteiger partial charge in [-0.15, -0.1) is 0 Å². The highest BCUT2D eigenvalue weighted by Gasteiger charge is 2.25. The van der Waals surface area contributed by atoms with Crippen molar-refractivity contribution in [2.75, 3.05) is 6.54 Å². The van der Waals surface area contributed by atoms with Gasteiger partial charge in [0.25, 0.3) is 0 Å². The summed E-state index contributed by atoms with van der Waals surface area (Å²) in [6, 6.07) is 2.27. The zero-order valence-corrected chi connectivity index (χ0v) is 10.9. The first kappa shape index (κ1) is 15.1. The molecular formula is C13H21F3N2. The van der Waals surface area contributed by atoms with Crippen LogP contribution in [0.15, 0.2) is 18.5 Å². The van der Waals surface area contributed by atoms with Crippen LogP contribution in [0.25, 0.3) is 0 Å². The Morgan fingerprint density at radius 1 is 1.33 bits per heavy atom. The summed E-state index contributed by atoms with van der Waals surface area (Å²) in [6.07, 6.45) is 0.131. The third-order valence-electron chi connectivity index (χ3n) is 2.91. The van der Waals surface area contributed by atoms with Gasteiger partial charge in [0.1, 0.15) is 0 Å².